The van der Waals surface area contributed by atoms with Crippen LogP contribution in [-0.4, -0.2) is 33.4 Å². The number of benzene rings is 11. The topological polar surface area (TPSA) is 113 Å². The van der Waals surface area contributed by atoms with E-state index in [2.05, 4.69) is 205 Å². The zero-order valence-electron chi connectivity index (χ0n) is 54.0. The molecule has 3 heterocycles. The lowest BCUT2D eigenvalue weighted by Crippen LogP contribution is -2.19. The predicted molar refractivity (Wildman–Crippen MR) is 390 cm³/mol. The molecule has 9 heteroatoms. The quantitative estimate of drug-likeness (QED) is 0.0149. The first-order valence-electron chi connectivity index (χ1n) is 31.8. The number of nitrogens with zero attached hydrogens (tertiary/aromatic N) is 3. The van der Waals surface area contributed by atoms with Crippen molar-refractivity contribution in [3.8, 4) is 33.4 Å². The van der Waals surface area contributed by atoms with Gasteiger partial charge in [0.15, 0.2) is 0 Å². The van der Waals surface area contributed by atoms with Crippen LogP contribution in [0.3, 0.4) is 0 Å². The van der Waals surface area contributed by atoms with E-state index in [0.717, 1.165) is 99.2 Å². The van der Waals surface area contributed by atoms with E-state index in [1.807, 2.05) is 103 Å². The molecule has 0 aliphatic rings. The number of carbonyl (C=O) groups excluding carboxylic acids is 2. The smallest absolute Gasteiger partial charge is 0.322 e. The van der Waals surface area contributed by atoms with Gasteiger partial charge >= 0.3 is 5.97 Å². The maximum atomic E-state index is 13.3. The molecule has 466 valence electrons. The fourth-order valence-electron chi connectivity index (χ4n) is 12.3. The molecule has 1 amide bonds. The highest BCUT2D eigenvalue weighted by molar-refractivity contribution is 6.12. The number of pyridine rings is 3. The fraction of sp³-hybridized carbons (Fsp3) is 0.105. The van der Waals surface area contributed by atoms with E-state index in [0.29, 0.717) is 6.54 Å². The van der Waals surface area contributed by atoms with Crippen LogP contribution in [0.25, 0.3) is 98.8 Å². The minimum absolute atomic E-state index is 0.166. The molecule has 0 aliphatic carbocycles. The molecule has 11 aromatic carbocycles. The van der Waals surface area contributed by atoms with Crippen molar-refractivity contribution in [2.24, 2.45) is 0 Å². The summed E-state index contributed by atoms with van der Waals surface area (Å²) in [5.74, 6) is -1.20. The molecular weight excluding hydrogens is 1170 g/mol. The van der Waals surface area contributed by atoms with Gasteiger partial charge in [-0.1, -0.05) is 223 Å². The van der Waals surface area contributed by atoms with Gasteiger partial charge in [0.05, 0.1) is 39.4 Å². The lowest BCUT2D eigenvalue weighted by Gasteiger charge is -2.20. The summed E-state index contributed by atoms with van der Waals surface area (Å²) in [6.45, 7) is 22.2. The molecular formula is C86H72N4O5. The van der Waals surface area contributed by atoms with Crippen LogP contribution in [0.1, 0.15) is 67.7 Å². The van der Waals surface area contributed by atoms with Gasteiger partial charge in [0.1, 0.15) is 18.6 Å². The van der Waals surface area contributed by atoms with Crippen molar-refractivity contribution in [1.29, 1.82) is 0 Å². The third-order valence-electron chi connectivity index (χ3n) is 16.9. The number of nitrogens with one attached hydrogen (secondary N) is 1. The van der Waals surface area contributed by atoms with Gasteiger partial charge in [-0.15, -0.1) is 6.58 Å². The Morgan fingerprint density at radius 1 is 0.411 bits per heavy atom. The first-order chi connectivity index (χ1) is 46.3. The van der Waals surface area contributed by atoms with Gasteiger partial charge < -0.3 is 10.1 Å². The van der Waals surface area contributed by atoms with E-state index in [1.54, 1.807) is 6.08 Å². The summed E-state index contributed by atoms with van der Waals surface area (Å²) >= 11 is 0. The summed E-state index contributed by atoms with van der Waals surface area (Å²) in [5.41, 5.74) is 23.5. The van der Waals surface area contributed by atoms with Crippen LogP contribution in [0.4, 0.5) is 0 Å². The number of aromatic nitrogens is 3. The lowest BCUT2D eigenvalue weighted by atomic mass is 9.88. The van der Waals surface area contributed by atoms with E-state index in [4.69, 9.17) is 29.5 Å². The molecule has 0 fully saturated rings. The third kappa shape index (κ3) is 14.3. The van der Waals surface area contributed by atoms with Crippen LogP contribution in [0, 0.1) is 34.6 Å². The Morgan fingerprint density at radius 2 is 0.789 bits per heavy atom. The van der Waals surface area contributed by atoms with E-state index >= 15 is 0 Å². The van der Waals surface area contributed by atoms with Gasteiger partial charge in [0.2, 0.25) is 5.91 Å². The van der Waals surface area contributed by atoms with Crippen molar-refractivity contribution in [2.45, 2.75) is 53.2 Å². The Bertz CT molecular complexity index is 5050. The Kier molecular flexibility index (Phi) is 19.4. The maximum Gasteiger partial charge on any atom is 0.322 e. The van der Waals surface area contributed by atoms with E-state index in [9.17, 15) is 9.59 Å². The Hall–Kier alpha value is -11.5. The SMILES string of the molecule is C=CC(=O)NCc1ccc(-c2c3cc(C)ccc3nc3ccc(C)cc23)cc1.C=CCOOC(c1ccccc1)c1ccc2nc3ccc(C(C(=O)OC=C)c4ccccc4)cc3c(-c3ccccc3)c2c1.Cc1ccc(-c2c3cc(C)ccc3nc3ccc(C)cc23)cc1. The van der Waals surface area contributed by atoms with Crippen molar-refractivity contribution < 1.29 is 24.1 Å². The second-order valence-corrected chi connectivity index (χ2v) is 23.9. The Labute approximate surface area is 554 Å². The van der Waals surface area contributed by atoms with Crippen LogP contribution in [-0.2, 0) is 30.6 Å². The molecule has 0 radical (unpaired) electrons. The monoisotopic (exact) mass is 1240 g/mol. The van der Waals surface area contributed by atoms with Crippen LogP contribution in [0.2, 0.25) is 0 Å². The molecule has 0 aliphatic heterocycles. The van der Waals surface area contributed by atoms with Crippen LogP contribution in [0.15, 0.2) is 287 Å². The molecule has 0 bridgehead atoms. The predicted octanol–water partition coefficient (Wildman–Crippen LogP) is 20.6. The third-order valence-corrected chi connectivity index (χ3v) is 16.9. The molecule has 95 heavy (non-hydrogen) atoms. The van der Waals surface area contributed by atoms with Crippen LogP contribution >= 0.6 is 0 Å². The van der Waals surface area contributed by atoms with Gasteiger partial charge in [-0.05, 0) is 158 Å². The summed E-state index contributed by atoms with van der Waals surface area (Å²) in [7, 11) is 0. The molecule has 0 spiro atoms. The first-order valence-corrected chi connectivity index (χ1v) is 31.8. The van der Waals surface area contributed by atoms with Crippen molar-refractivity contribution in [3.63, 3.8) is 0 Å². The normalized spacial score (nSPS) is 11.7. The summed E-state index contributed by atoms with van der Waals surface area (Å²) < 4.78 is 5.31. The molecule has 9 nitrogen and oxygen atoms in total. The second kappa shape index (κ2) is 29.0. The highest BCUT2D eigenvalue weighted by Gasteiger charge is 2.26. The molecule has 14 rings (SSSR count). The number of amides is 1. The number of aryl methyl sites for hydroxylation is 5. The number of rotatable bonds is 16. The molecule has 0 saturated heterocycles. The maximum absolute atomic E-state index is 13.3. The standard InChI is InChI=1S/C39H31NO4.C25H22N2O.C22H19N/c1-3-24-43-44-38(29-18-12-7-13-19-29)31-21-23-35-33(26-31)37(28-16-10-6-11-17-28)32-25-30(20-22-34(32)40-35)36(39(41)42-4-2)27-14-8-5-9-15-27;1-4-24(28)26-15-18-7-9-19(10-8-18)25-20-13-16(2)5-11-22(20)27-23-12-6-17(3)14-21(23)25;1-14-4-8-17(9-5-14)22-18-12-15(2)6-10-20(18)23-21-11-7-16(3)13-19(21)22/h3-23,25-26,36,38H,1-2,24H2;4-14H,1,15H2,2-3H3,(H,26,28);4-13H,1-3H3. The average Bonchev–Trinajstić information content (AvgIpc) is 0.767. The number of ether oxygens (including phenoxy) is 1. The Balaban J connectivity index is 0.000000146. The lowest BCUT2D eigenvalue weighted by molar-refractivity contribution is -0.310. The first kappa shape index (κ1) is 63.6. The summed E-state index contributed by atoms with van der Waals surface area (Å²) in [6.07, 6.45) is 3.64. The number of carbonyl (C=O) groups is 2. The van der Waals surface area contributed by atoms with Gasteiger partial charge in [0.25, 0.3) is 0 Å². The second-order valence-electron chi connectivity index (χ2n) is 23.9. The number of hydrogen-bond donors (Lipinski definition) is 1. The van der Waals surface area contributed by atoms with Crippen LogP contribution in [0.5, 0.6) is 0 Å². The minimum Gasteiger partial charge on any atom is -0.434 e. The van der Waals surface area contributed by atoms with Crippen molar-refractivity contribution in [1.82, 2.24) is 20.3 Å². The Morgan fingerprint density at radius 3 is 1.23 bits per heavy atom. The molecule has 14 aromatic rings. The summed E-state index contributed by atoms with van der Waals surface area (Å²) in [5, 5.41) is 9.47. The number of esters is 1. The van der Waals surface area contributed by atoms with Gasteiger partial charge in [-0.2, -0.15) is 0 Å². The van der Waals surface area contributed by atoms with Crippen molar-refractivity contribution >= 4 is 77.3 Å². The number of fused-ring (bicyclic) bond motifs is 6. The zero-order valence-corrected chi connectivity index (χ0v) is 54.0. The van der Waals surface area contributed by atoms with Crippen molar-refractivity contribution in [3.05, 3.63) is 343 Å². The van der Waals surface area contributed by atoms with Gasteiger partial charge in [-0.3, -0.25) is 9.59 Å². The highest BCUT2D eigenvalue weighted by atomic mass is 17.2. The summed E-state index contributed by atoms with van der Waals surface area (Å²) in [4.78, 5) is 50.9. The highest BCUT2D eigenvalue weighted by Crippen LogP contribution is 2.41. The van der Waals surface area contributed by atoms with E-state index in [-0.39, 0.29) is 12.5 Å². The van der Waals surface area contributed by atoms with Crippen molar-refractivity contribution in [2.75, 3.05) is 6.61 Å². The molecule has 1 N–H and O–H groups in total. The average molecular weight is 1240 g/mol. The van der Waals surface area contributed by atoms with Gasteiger partial charge in [-0.25, -0.2) is 24.7 Å². The van der Waals surface area contributed by atoms with Crippen LogP contribution < -0.4 is 5.32 Å². The number of hydrogen-bond acceptors (Lipinski definition) is 8. The zero-order chi connectivity index (χ0) is 66.0. The van der Waals surface area contributed by atoms with Gasteiger partial charge in [0, 0.05) is 55.6 Å². The minimum atomic E-state index is -0.637. The summed E-state index contributed by atoms with van der Waals surface area (Å²) in [6, 6.07) is 84.9. The van der Waals surface area contributed by atoms with E-state index < -0.39 is 18.0 Å². The fourth-order valence-corrected chi connectivity index (χ4v) is 12.3. The molecule has 2 atom stereocenters. The van der Waals surface area contributed by atoms with E-state index in [1.165, 1.54) is 67.6 Å². The molecule has 0 saturated carbocycles. The molecule has 3 aromatic heterocycles. The largest absolute Gasteiger partial charge is 0.434 e. The molecule has 2 unspecified atom stereocenters.